The molecule has 1 aliphatic heterocycles. The molecule has 0 bridgehead atoms. The number of hydrogen-bond donors (Lipinski definition) is 0. The Morgan fingerprint density at radius 3 is 2.43 bits per heavy atom. The molecular weight excluding hydrogens is 290 g/mol. The summed E-state index contributed by atoms with van der Waals surface area (Å²) < 4.78 is 1.76. The van der Waals surface area contributed by atoms with Crippen molar-refractivity contribution in [2.75, 3.05) is 18.0 Å². The van der Waals surface area contributed by atoms with Crippen LogP contribution in [0.4, 0.5) is 5.82 Å². The summed E-state index contributed by atoms with van der Waals surface area (Å²) in [6, 6.07) is 0. The van der Waals surface area contributed by atoms with E-state index in [9.17, 15) is 4.79 Å². The van der Waals surface area contributed by atoms with Crippen LogP contribution in [0.1, 0.15) is 29.8 Å². The molecule has 0 aliphatic carbocycles. The zero-order valence-corrected chi connectivity index (χ0v) is 14.0. The maximum Gasteiger partial charge on any atom is 0.256 e. The van der Waals surface area contributed by atoms with Crippen LogP contribution in [0.5, 0.6) is 0 Å². The van der Waals surface area contributed by atoms with Crippen molar-refractivity contribution in [2.45, 2.75) is 40.2 Å². The Labute approximate surface area is 136 Å². The van der Waals surface area contributed by atoms with E-state index >= 15 is 0 Å². The molecule has 0 atom stereocenters. The van der Waals surface area contributed by atoms with E-state index in [2.05, 4.69) is 19.9 Å². The third-order valence-electron chi connectivity index (χ3n) is 4.74. The van der Waals surface area contributed by atoms with Gasteiger partial charge >= 0.3 is 0 Å². The number of aryl methyl sites for hydroxylation is 2. The molecule has 6 heteroatoms. The molecule has 2 aromatic rings. The minimum Gasteiger partial charge on any atom is -0.355 e. The number of aromatic nitrogens is 4. The van der Waals surface area contributed by atoms with Gasteiger partial charge < -0.3 is 4.90 Å². The van der Waals surface area contributed by atoms with E-state index in [-0.39, 0.29) is 5.56 Å². The van der Waals surface area contributed by atoms with Crippen molar-refractivity contribution < 1.29 is 0 Å². The van der Waals surface area contributed by atoms with E-state index < -0.39 is 0 Å². The molecule has 2 aromatic heterocycles. The predicted molar refractivity (Wildman–Crippen MR) is 89.7 cm³/mol. The largest absolute Gasteiger partial charge is 0.355 e. The van der Waals surface area contributed by atoms with Crippen molar-refractivity contribution in [1.82, 2.24) is 19.5 Å². The molecule has 3 rings (SSSR count). The van der Waals surface area contributed by atoms with Crippen LogP contribution in [0.25, 0.3) is 0 Å². The van der Waals surface area contributed by atoms with Crippen molar-refractivity contribution in [1.29, 1.82) is 0 Å². The predicted octanol–water partition coefficient (Wildman–Crippen LogP) is 1.88. The molecule has 0 amide bonds. The number of anilines is 1. The molecule has 3 heterocycles. The Hall–Kier alpha value is -2.24. The quantitative estimate of drug-likeness (QED) is 0.865. The highest BCUT2D eigenvalue weighted by Crippen LogP contribution is 2.23. The lowest BCUT2D eigenvalue weighted by Crippen LogP contribution is -2.37. The highest BCUT2D eigenvalue weighted by atomic mass is 16.1. The van der Waals surface area contributed by atoms with Crippen LogP contribution in [0.2, 0.25) is 0 Å². The molecule has 6 nitrogen and oxygen atoms in total. The molecule has 0 radical (unpaired) electrons. The molecule has 23 heavy (non-hydrogen) atoms. The maximum atomic E-state index is 12.3. The third kappa shape index (κ3) is 3.25. The van der Waals surface area contributed by atoms with E-state index in [1.165, 1.54) is 0 Å². The number of nitrogens with zero attached hydrogens (tertiary/aromatic N) is 5. The molecule has 122 valence electrons. The summed E-state index contributed by atoms with van der Waals surface area (Å²) in [7, 11) is 0. The van der Waals surface area contributed by atoms with E-state index in [1.54, 1.807) is 23.3 Å². The summed E-state index contributed by atoms with van der Waals surface area (Å²) >= 11 is 0. The molecule has 1 saturated heterocycles. The van der Waals surface area contributed by atoms with E-state index in [4.69, 9.17) is 0 Å². The van der Waals surface area contributed by atoms with Gasteiger partial charge in [0.05, 0.1) is 12.0 Å². The first-order valence-electron chi connectivity index (χ1n) is 8.11. The van der Waals surface area contributed by atoms with Gasteiger partial charge in [-0.3, -0.25) is 14.3 Å². The average Bonchev–Trinajstić information content (AvgIpc) is 2.57. The van der Waals surface area contributed by atoms with Crippen molar-refractivity contribution in [2.24, 2.45) is 5.92 Å². The second kappa shape index (κ2) is 6.48. The lowest BCUT2D eigenvalue weighted by Gasteiger charge is -2.33. The fourth-order valence-corrected chi connectivity index (χ4v) is 3.12. The molecule has 0 saturated carbocycles. The Balaban J connectivity index is 1.65. The normalized spacial score (nSPS) is 15.9. The highest BCUT2D eigenvalue weighted by Gasteiger charge is 2.22. The fourth-order valence-electron chi connectivity index (χ4n) is 3.12. The fraction of sp³-hybridized carbons (Fsp3) is 0.529. The smallest absolute Gasteiger partial charge is 0.256 e. The summed E-state index contributed by atoms with van der Waals surface area (Å²) in [6.07, 6.45) is 7.26. The Bertz CT molecular complexity index is 747. The van der Waals surface area contributed by atoms with E-state index in [0.717, 1.165) is 55.2 Å². The Morgan fingerprint density at radius 1 is 1.04 bits per heavy atom. The van der Waals surface area contributed by atoms with Gasteiger partial charge in [-0.25, -0.2) is 9.97 Å². The van der Waals surface area contributed by atoms with Gasteiger partial charge in [0.2, 0.25) is 0 Å². The minimum atomic E-state index is 0.0877. The van der Waals surface area contributed by atoms with Gasteiger partial charge in [0, 0.05) is 43.3 Å². The van der Waals surface area contributed by atoms with Crippen LogP contribution < -0.4 is 10.5 Å². The van der Waals surface area contributed by atoms with Crippen molar-refractivity contribution in [3.05, 3.63) is 46.0 Å². The van der Waals surface area contributed by atoms with Gasteiger partial charge in [-0.15, -0.1) is 0 Å². The van der Waals surface area contributed by atoms with Crippen LogP contribution >= 0.6 is 0 Å². The van der Waals surface area contributed by atoms with Crippen molar-refractivity contribution in [3.63, 3.8) is 0 Å². The monoisotopic (exact) mass is 313 g/mol. The third-order valence-corrected chi connectivity index (χ3v) is 4.74. The second-order valence-electron chi connectivity index (χ2n) is 6.31. The number of piperidine rings is 1. The summed E-state index contributed by atoms with van der Waals surface area (Å²) in [5.74, 6) is 1.49. The lowest BCUT2D eigenvalue weighted by atomic mass is 9.96. The molecule has 0 aromatic carbocycles. The van der Waals surface area contributed by atoms with E-state index in [0.29, 0.717) is 5.92 Å². The first-order valence-corrected chi connectivity index (χ1v) is 8.11. The van der Waals surface area contributed by atoms with Crippen molar-refractivity contribution >= 4 is 5.82 Å². The Kier molecular flexibility index (Phi) is 4.41. The molecule has 0 spiro atoms. The van der Waals surface area contributed by atoms with Crippen LogP contribution in [0.15, 0.2) is 23.5 Å². The first kappa shape index (κ1) is 15.6. The molecule has 0 unspecified atom stereocenters. The zero-order chi connectivity index (χ0) is 16.4. The van der Waals surface area contributed by atoms with Gasteiger partial charge in [-0.1, -0.05) is 0 Å². The summed E-state index contributed by atoms with van der Waals surface area (Å²) in [4.78, 5) is 27.7. The van der Waals surface area contributed by atoms with Gasteiger partial charge in [-0.2, -0.15) is 0 Å². The van der Waals surface area contributed by atoms with Crippen LogP contribution in [-0.4, -0.2) is 32.6 Å². The van der Waals surface area contributed by atoms with Crippen molar-refractivity contribution in [3.8, 4) is 0 Å². The summed E-state index contributed by atoms with van der Waals surface area (Å²) in [6.45, 7) is 8.38. The topological polar surface area (TPSA) is 63.9 Å². The van der Waals surface area contributed by atoms with Crippen LogP contribution in [0.3, 0.4) is 0 Å². The van der Waals surface area contributed by atoms with Gasteiger partial charge in [-0.05, 0) is 39.5 Å². The van der Waals surface area contributed by atoms with Gasteiger partial charge in [0.15, 0.2) is 0 Å². The molecule has 0 N–H and O–H groups in total. The van der Waals surface area contributed by atoms with Crippen LogP contribution in [0, 0.1) is 26.7 Å². The Morgan fingerprint density at radius 2 is 1.74 bits per heavy atom. The van der Waals surface area contributed by atoms with Gasteiger partial charge in [0.1, 0.15) is 5.82 Å². The standard InChI is InChI=1S/C17H23N5O/c1-12-13(2)20-11-22(17(12)23)10-15-4-8-21(9-5-15)16-14(3)18-6-7-19-16/h6-7,11,15H,4-5,8-10H2,1-3H3. The number of hydrogen-bond acceptors (Lipinski definition) is 5. The minimum absolute atomic E-state index is 0.0877. The second-order valence-corrected chi connectivity index (χ2v) is 6.31. The summed E-state index contributed by atoms with van der Waals surface area (Å²) in [5.41, 5.74) is 2.63. The highest BCUT2D eigenvalue weighted by molar-refractivity contribution is 5.42. The van der Waals surface area contributed by atoms with E-state index in [1.807, 2.05) is 20.8 Å². The lowest BCUT2D eigenvalue weighted by molar-refractivity contribution is 0.349. The van der Waals surface area contributed by atoms with Crippen LogP contribution in [-0.2, 0) is 6.54 Å². The average molecular weight is 313 g/mol. The maximum absolute atomic E-state index is 12.3. The first-order chi connectivity index (χ1) is 11.1. The zero-order valence-electron chi connectivity index (χ0n) is 14.0. The summed E-state index contributed by atoms with van der Waals surface area (Å²) in [5, 5.41) is 0. The SMILES string of the molecule is Cc1nccnc1N1CCC(Cn2cnc(C)c(C)c2=O)CC1. The molecular formula is C17H23N5O. The van der Waals surface area contributed by atoms with Gasteiger partial charge in [0.25, 0.3) is 5.56 Å². The molecule has 1 aliphatic rings. The number of rotatable bonds is 3. The molecule has 1 fully saturated rings.